The van der Waals surface area contributed by atoms with E-state index in [0.29, 0.717) is 12.0 Å². The minimum atomic E-state index is -2.86. The van der Waals surface area contributed by atoms with Gasteiger partial charge in [-0.3, -0.25) is 4.90 Å². The molecule has 1 saturated heterocycles. The summed E-state index contributed by atoms with van der Waals surface area (Å²) < 4.78 is 35.5. The van der Waals surface area contributed by atoms with Crippen LogP contribution in [-0.2, 0) is 4.74 Å². The predicted molar refractivity (Wildman–Crippen MR) is 90.6 cm³/mol. The number of benzene rings is 1. The lowest BCUT2D eigenvalue weighted by Gasteiger charge is -2.35. The lowest BCUT2D eigenvalue weighted by molar-refractivity contribution is -0.0500. The summed E-state index contributed by atoms with van der Waals surface area (Å²) in [6.07, 6.45) is 4.01. The summed E-state index contributed by atoms with van der Waals surface area (Å²) >= 11 is 0. The Morgan fingerprint density at radius 3 is 2.60 bits per heavy atom. The molecular formula is C19H23F2NO3. The maximum atomic E-state index is 12.6. The molecule has 0 radical (unpaired) electrons. The zero-order valence-corrected chi connectivity index (χ0v) is 14.7. The highest BCUT2D eigenvalue weighted by molar-refractivity contribution is 5.77. The van der Waals surface area contributed by atoms with E-state index in [1.54, 1.807) is 29.2 Å². The third-order valence-electron chi connectivity index (χ3n) is 4.45. The molecule has 2 heterocycles. The van der Waals surface area contributed by atoms with Crippen molar-refractivity contribution >= 4 is 11.7 Å². The van der Waals surface area contributed by atoms with Crippen LogP contribution in [0.1, 0.15) is 45.6 Å². The Bertz CT molecular complexity index is 681. The summed E-state index contributed by atoms with van der Waals surface area (Å²) in [6, 6.07) is 6.77. The number of hydrogen-bond donors (Lipinski definition) is 0. The van der Waals surface area contributed by atoms with Crippen LogP contribution in [0.5, 0.6) is 5.75 Å². The van der Waals surface area contributed by atoms with E-state index in [4.69, 9.17) is 4.74 Å². The standard InChI is InChI=1S/C19H23F2NO3/c1-19(2,3)25-18(23)22-13-8-9-14(22)11-12(10-13)15-6-4-5-7-16(15)24-17(20)21/h4-7,10,13-14,17H,8-9,11H2,1-3H3. The van der Waals surface area contributed by atoms with Crippen LogP contribution in [0.4, 0.5) is 13.6 Å². The van der Waals surface area contributed by atoms with Gasteiger partial charge >= 0.3 is 12.7 Å². The first-order valence-electron chi connectivity index (χ1n) is 8.51. The monoisotopic (exact) mass is 351 g/mol. The number of rotatable bonds is 3. The van der Waals surface area contributed by atoms with Crippen molar-refractivity contribution in [3.63, 3.8) is 0 Å². The maximum absolute atomic E-state index is 12.6. The second-order valence-electron chi connectivity index (χ2n) is 7.46. The minimum absolute atomic E-state index is 0.0273. The largest absolute Gasteiger partial charge is 0.444 e. The number of para-hydroxylation sites is 1. The van der Waals surface area contributed by atoms with Gasteiger partial charge in [0.1, 0.15) is 11.4 Å². The Morgan fingerprint density at radius 1 is 1.24 bits per heavy atom. The number of carbonyl (C=O) groups excluding carboxylic acids is 1. The van der Waals surface area contributed by atoms with Gasteiger partial charge in [-0.05, 0) is 51.7 Å². The van der Waals surface area contributed by atoms with Crippen LogP contribution < -0.4 is 4.74 Å². The molecule has 0 aromatic heterocycles. The highest BCUT2D eigenvalue weighted by atomic mass is 19.3. The first-order chi connectivity index (χ1) is 11.7. The van der Waals surface area contributed by atoms with E-state index >= 15 is 0 Å². The Hall–Kier alpha value is -2.11. The van der Waals surface area contributed by atoms with E-state index in [2.05, 4.69) is 4.74 Å². The van der Waals surface area contributed by atoms with Gasteiger partial charge in [-0.15, -0.1) is 0 Å². The molecule has 2 aliphatic rings. The van der Waals surface area contributed by atoms with E-state index in [9.17, 15) is 13.6 Å². The summed E-state index contributed by atoms with van der Waals surface area (Å²) in [4.78, 5) is 14.3. The van der Waals surface area contributed by atoms with Crippen LogP contribution in [0.2, 0.25) is 0 Å². The number of alkyl halides is 2. The van der Waals surface area contributed by atoms with E-state index in [0.717, 1.165) is 18.4 Å². The van der Waals surface area contributed by atoms with Crippen molar-refractivity contribution < 1.29 is 23.0 Å². The van der Waals surface area contributed by atoms with Crippen LogP contribution in [-0.4, -0.2) is 35.3 Å². The normalized spacial score (nSPS) is 22.8. The molecule has 2 bridgehead atoms. The number of ether oxygens (including phenoxy) is 2. The Balaban J connectivity index is 1.84. The van der Waals surface area contributed by atoms with Crippen LogP contribution in [0.3, 0.4) is 0 Å². The van der Waals surface area contributed by atoms with Gasteiger partial charge < -0.3 is 9.47 Å². The van der Waals surface area contributed by atoms with Crippen molar-refractivity contribution in [2.24, 2.45) is 0 Å². The molecule has 6 heteroatoms. The molecule has 3 rings (SSSR count). The molecule has 0 aliphatic carbocycles. The van der Waals surface area contributed by atoms with Crippen molar-refractivity contribution in [1.29, 1.82) is 0 Å². The number of hydrogen-bond acceptors (Lipinski definition) is 3. The number of amides is 1. The predicted octanol–water partition coefficient (Wildman–Crippen LogP) is 4.84. The van der Waals surface area contributed by atoms with Gasteiger partial charge in [0.15, 0.2) is 0 Å². The van der Waals surface area contributed by atoms with E-state index < -0.39 is 12.2 Å². The molecule has 2 atom stereocenters. The van der Waals surface area contributed by atoms with Gasteiger partial charge in [0.25, 0.3) is 0 Å². The van der Waals surface area contributed by atoms with Gasteiger partial charge in [0.2, 0.25) is 0 Å². The van der Waals surface area contributed by atoms with Crippen molar-refractivity contribution in [2.75, 3.05) is 0 Å². The molecule has 136 valence electrons. The first kappa shape index (κ1) is 17.7. The fourth-order valence-electron chi connectivity index (χ4n) is 3.56. The summed E-state index contributed by atoms with van der Waals surface area (Å²) in [7, 11) is 0. The van der Waals surface area contributed by atoms with Crippen molar-refractivity contribution in [2.45, 2.75) is 64.3 Å². The van der Waals surface area contributed by atoms with Gasteiger partial charge in [-0.1, -0.05) is 24.3 Å². The Morgan fingerprint density at radius 2 is 1.96 bits per heavy atom. The van der Waals surface area contributed by atoms with Gasteiger partial charge in [-0.25, -0.2) is 4.79 Å². The van der Waals surface area contributed by atoms with Gasteiger partial charge in [-0.2, -0.15) is 8.78 Å². The number of fused-ring (bicyclic) bond motifs is 2. The van der Waals surface area contributed by atoms with Gasteiger partial charge in [0, 0.05) is 11.6 Å². The molecule has 2 aliphatic heterocycles. The molecule has 1 aromatic carbocycles. The quantitative estimate of drug-likeness (QED) is 0.782. The molecule has 0 spiro atoms. The summed E-state index contributed by atoms with van der Waals surface area (Å²) in [5.74, 6) is 0.175. The highest BCUT2D eigenvalue weighted by Crippen LogP contribution is 2.41. The van der Waals surface area contributed by atoms with E-state index in [-0.39, 0.29) is 23.9 Å². The fraction of sp³-hybridized carbons (Fsp3) is 0.526. The van der Waals surface area contributed by atoms with Crippen molar-refractivity contribution in [1.82, 2.24) is 4.90 Å². The average Bonchev–Trinajstić information content (AvgIpc) is 2.76. The Kier molecular flexibility index (Phi) is 4.71. The number of halogens is 2. The summed E-state index contributed by atoms with van der Waals surface area (Å²) in [6.45, 7) is 2.67. The van der Waals surface area contributed by atoms with Crippen molar-refractivity contribution in [3.05, 3.63) is 35.9 Å². The smallest absolute Gasteiger partial charge is 0.411 e. The van der Waals surface area contributed by atoms with Crippen LogP contribution in [0.15, 0.2) is 30.3 Å². The molecule has 1 fully saturated rings. The van der Waals surface area contributed by atoms with Gasteiger partial charge in [0.05, 0.1) is 6.04 Å². The second kappa shape index (κ2) is 6.65. The van der Waals surface area contributed by atoms with Crippen LogP contribution >= 0.6 is 0 Å². The maximum Gasteiger partial charge on any atom is 0.411 e. The lowest BCUT2D eigenvalue weighted by atomic mass is 9.94. The van der Waals surface area contributed by atoms with Crippen LogP contribution in [0, 0.1) is 0 Å². The molecule has 1 amide bonds. The highest BCUT2D eigenvalue weighted by Gasteiger charge is 2.42. The molecule has 25 heavy (non-hydrogen) atoms. The Labute approximate surface area is 146 Å². The van der Waals surface area contributed by atoms with Crippen molar-refractivity contribution in [3.8, 4) is 5.75 Å². The summed E-state index contributed by atoms with van der Waals surface area (Å²) in [5.41, 5.74) is 1.07. The van der Waals surface area contributed by atoms with E-state index in [1.165, 1.54) is 0 Å². The molecular weight excluding hydrogens is 328 g/mol. The first-order valence-corrected chi connectivity index (χ1v) is 8.51. The molecule has 2 unspecified atom stereocenters. The minimum Gasteiger partial charge on any atom is -0.444 e. The fourth-order valence-corrected chi connectivity index (χ4v) is 3.56. The topological polar surface area (TPSA) is 38.8 Å². The molecule has 4 nitrogen and oxygen atoms in total. The lowest BCUT2D eigenvalue weighted by Crippen LogP contribution is -2.45. The zero-order chi connectivity index (χ0) is 18.2. The molecule has 0 N–H and O–H groups in total. The third kappa shape index (κ3) is 3.94. The zero-order valence-electron chi connectivity index (χ0n) is 14.7. The number of carbonyl (C=O) groups is 1. The third-order valence-corrected chi connectivity index (χ3v) is 4.45. The second-order valence-corrected chi connectivity index (χ2v) is 7.46. The molecule has 1 aromatic rings. The van der Waals surface area contributed by atoms with E-state index in [1.807, 2.05) is 26.8 Å². The average molecular weight is 351 g/mol. The SMILES string of the molecule is CC(C)(C)OC(=O)N1C2C=C(c3ccccc3OC(F)F)CC1CC2. The van der Waals surface area contributed by atoms with Crippen LogP contribution in [0.25, 0.3) is 5.57 Å². The molecule has 0 saturated carbocycles. The summed E-state index contributed by atoms with van der Waals surface area (Å²) in [5, 5.41) is 0. The number of nitrogens with zero attached hydrogens (tertiary/aromatic N) is 1.